The van der Waals surface area contributed by atoms with Crippen LogP contribution in [-0.4, -0.2) is 20.9 Å². The largest absolute Gasteiger partial charge is 0.490 e. The van der Waals surface area contributed by atoms with Crippen LogP contribution in [0.15, 0.2) is 66.1 Å². The van der Waals surface area contributed by atoms with E-state index in [2.05, 4.69) is 11.9 Å². The van der Waals surface area contributed by atoms with Gasteiger partial charge in [0.1, 0.15) is 12.4 Å². The molecule has 0 atom stereocenters. The molecule has 0 unspecified atom stereocenters. The highest BCUT2D eigenvalue weighted by atomic mass is 32.2. The highest BCUT2D eigenvalue weighted by Crippen LogP contribution is 2.13. The molecule has 2 aromatic carbocycles. The van der Waals surface area contributed by atoms with Crippen molar-refractivity contribution in [1.82, 2.24) is 5.32 Å². The Kier molecular flexibility index (Phi) is 5.73. The van der Waals surface area contributed by atoms with E-state index < -0.39 is 10.0 Å². The van der Waals surface area contributed by atoms with Crippen molar-refractivity contribution in [3.05, 3.63) is 72.3 Å². The average Bonchev–Trinajstić information content (AvgIpc) is 2.58. The fourth-order valence-corrected chi connectivity index (χ4v) is 2.45. The van der Waals surface area contributed by atoms with Gasteiger partial charge in [-0.15, -0.1) is 0 Å². The van der Waals surface area contributed by atoms with Crippen LogP contribution in [0.1, 0.15) is 15.9 Å². The molecule has 0 radical (unpaired) electrons. The van der Waals surface area contributed by atoms with Crippen molar-refractivity contribution in [3.63, 3.8) is 0 Å². The van der Waals surface area contributed by atoms with E-state index in [1.165, 1.54) is 12.1 Å². The number of nitrogens with two attached hydrogens (primary N) is 1. The second kappa shape index (κ2) is 7.76. The van der Waals surface area contributed by atoms with Crippen LogP contribution < -0.4 is 15.2 Å². The van der Waals surface area contributed by atoms with Gasteiger partial charge >= 0.3 is 0 Å². The molecule has 0 aromatic heterocycles. The van der Waals surface area contributed by atoms with E-state index in [9.17, 15) is 13.2 Å². The number of primary sulfonamides is 1. The minimum atomic E-state index is -3.71. The second-order valence-electron chi connectivity index (χ2n) is 5.00. The van der Waals surface area contributed by atoms with Gasteiger partial charge in [-0.2, -0.15) is 0 Å². The number of ether oxygens (including phenoxy) is 1. The Morgan fingerprint density at radius 3 is 2.29 bits per heavy atom. The van der Waals surface area contributed by atoms with Crippen molar-refractivity contribution in [2.24, 2.45) is 5.14 Å². The van der Waals surface area contributed by atoms with E-state index >= 15 is 0 Å². The van der Waals surface area contributed by atoms with Gasteiger partial charge in [-0.1, -0.05) is 24.8 Å². The maximum absolute atomic E-state index is 12.1. The summed E-state index contributed by atoms with van der Waals surface area (Å²) in [5.74, 6) is 0.422. The van der Waals surface area contributed by atoms with Crippen LogP contribution in [-0.2, 0) is 16.6 Å². The zero-order chi connectivity index (χ0) is 17.6. The molecular formula is C17H18N2O4S. The predicted octanol–water partition coefficient (Wildman–Crippen LogP) is 1.83. The van der Waals surface area contributed by atoms with E-state index in [0.29, 0.717) is 17.9 Å². The van der Waals surface area contributed by atoms with Crippen molar-refractivity contribution in [3.8, 4) is 5.75 Å². The number of sulfonamides is 1. The molecule has 24 heavy (non-hydrogen) atoms. The molecule has 126 valence electrons. The first kappa shape index (κ1) is 17.7. The van der Waals surface area contributed by atoms with Gasteiger partial charge in [0, 0.05) is 12.1 Å². The Morgan fingerprint density at radius 1 is 1.12 bits per heavy atom. The molecule has 0 aliphatic carbocycles. The fraction of sp³-hybridized carbons (Fsp3) is 0.118. The normalized spacial score (nSPS) is 10.9. The third-order valence-electron chi connectivity index (χ3n) is 3.19. The number of carbonyl (C=O) groups excluding carboxylic acids is 1. The van der Waals surface area contributed by atoms with Gasteiger partial charge in [-0.05, 0) is 42.0 Å². The maximum Gasteiger partial charge on any atom is 0.251 e. The van der Waals surface area contributed by atoms with E-state index in [1.54, 1.807) is 42.5 Å². The number of benzene rings is 2. The van der Waals surface area contributed by atoms with Crippen LogP contribution in [0.25, 0.3) is 0 Å². The summed E-state index contributed by atoms with van der Waals surface area (Å²) < 4.78 is 27.7. The van der Waals surface area contributed by atoms with Crippen molar-refractivity contribution in [2.75, 3.05) is 6.61 Å². The first-order valence-electron chi connectivity index (χ1n) is 7.14. The Hall–Kier alpha value is -2.64. The molecule has 3 N–H and O–H groups in total. The zero-order valence-corrected chi connectivity index (χ0v) is 13.8. The third kappa shape index (κ3) is 4.94. The molecule has 2 aromatic rings. The summed E-state index contributed by atoms with van der Waals surface area (Å²) in [6.07, 6.45) is 1.64. The van der Waals surface area contributed by atoms with Crippen LogP contribution in [0.2, 0.25) is 0 Å². The quantitative estimate of drug-likeness (QED) is 0.747. The topological polar surface area (TPSA) is 98.5 Å². The number of amides is 1. The molecule has 7 heteroatoms. The lowest BCUT2D eigenvalue weighted by molar-refractivity contribution is 0.0951. The van der Waals surface area contributed by atoms with Crippen LogP contribution in [0.5, 0.6) is 5.75 Å². The predicted molar refractivity (Wildman–Crippen MR) is 91.1 cm³/mol. The van der Waals surface area contributed by atoms with Gasteiger partial charge < -0.3 is 10.1 Å². The van der Waals surface area contributed by atoms with Crippen molar-refractivity contribution < 1.29 is 17.9 Å². The molecule has 0 heterocycles. The van der Waals surface area contributed by atoms with E-state index in [4.69, 9.17) is 9.88 Å². The first-order chi connectivity index (χ1) is 11.4. The number of rotatable bonds is 7. The van der Waals surface area contributed by atoms with Crippen molar-refractivity contribution >= 4 is 15.9 Å². The van der Waals surface area contributed by atoms with Crippen LogP contribution >= 0.6 is 0 Å². The first-order valence-corrected chi connectivity index (χ1v) is 8.68. The average molecular weight is 346 g/mol. The summed E-state index contributed by atoms with van der Waals surface area (Å²) in [6, 6.07) is 12.8. The molecule has 0 bridgehead atoms. The number of hydrogen-bond acceptors (Lipinski definition) is 4. The summed E-state index contributed by atoms with van der Waals surface area (Å²) in [5.41, 5.74) is 1.27. The summed E-state index contributed by atoms with van der Waals surface area (Å²) in [4.78, 5) is 12.1. The molecule has 2 rings (SSSR count). The fourth-order valence-electron chi connectivity index (χ4n) is 1.94. The van der Waals surface area contributed by atoms with Gasteiger partial charge in [0.15, 0.2) is 0 Å². The number of nitrogens with one attached hydrogen (secondary N) is 1. The highest BCUT2D eigenvalue weighted by molar-refractivity contribution is 7.89. The zero-order valence-electron chi connectivity index (χ0n) is 12.9. The SMILES string of the molecule is C=CCOc1ccc(C(=O)NCc2ccc(S(N)(=O)=O)cc2)cc1. The summed E-state index contributed by atoms with van der Waals surface area (Å²) in [6.45, 7) is 4.24. The third-order valence-corrected chi connectivity index (χ3v) is 4.12. The monoisotopic (exact) mass is 346 g/mol. The molecule has 0 spiro atoms. The standard InChI is InChI=1S/C17H18N2O4S/c1-2-11-23-15-7-5-14(6-8-15)17(20)19-12-13-3-9-16(10-4-13)24(18,21)22/h2-10H,1,11-12H2,(H,19,20)(H2,18,21,22). The highest BCUT2D eigenvalue weighted by Gasteiger charge is 2.08. The van der Waals surface area contributed by atoms with E-state index in [-0.39, 0.29) is 17.3 Å². The Labute approximate surface area is 141 Å². The molecule has 0 aliphatic heterocycles. The van der Waals surface area contributed by atoms with E-state index in [1.807, 2.05) is 0 Å². The lowest BCUT2D eigenvalue weighted by Gasteiger charge is -2.07. The van der Waals surface area contributed by atoms with Gasteiger partial charge in [0.05, 0.1) is 4.90 Å². The van der Waals surface area contributed by atoms with Crippen LogP contribution in [0.3, 0.4) is 0 Å². The Bertz CT molecular complexity index is 813. The van der Waals surface area contributed by atoms with Crippen LogP contribution in [0.4, 0.5) is 0 Å². The maximum atomic E-state index is 12.1. The smallest absolute Gasteiger partial charge is 0.251 e. The molecule has 6 nitrogen and oxygen atoms in total. The second-order valence-corrected chi connectivity index (χ2v) is 6.56. The molecular weight excluding hydrogens is 328 g/mol. The summed E-state index contributed by atoms with van der Waals surface area (Å²) in [5, 5.41) is 7.79. The minimum absolute atomic E-state index is 0.0349. The molecule has 0 saturated heterocycles. The summed E-state index contributed by atoms with van der Waals surface area (Å²) >= 11 is 0. The Balaban J connectivity index is 1.94. The Morgan fingerprint density at radius 2 is 1.75 bits per heavy atom. The van der Waals surface area contributed by atoms with Crippen molar-refractivity contribution in [1.29, 1.82) is 0 Å². The molecule has 1 amide bonds. The van der Waals surface area contributed by atoms with Gasteiger partial charge in [-0.3, -0.25) is 4.79 Å². The summed E-state index contributed by atoms with van der Waals surface area (Å²) in [7, 11) is -3.71. The lowest BCUT2D eigenvalue weighted by Crippen LogP contribution is -2.22. The van der Waals surface area contributed by atoms with Gasteiger partial charge in [0.25, 0.3) is 5.91 Å². The molecule has 0 aliphatic rings. The van der Waals surface area contributed by atoms with Gasteiger partial charge in [-0.25, -0.2) is 13.6 Å². The molecule has 0 fully saturated rings. The molecule has 0 saturated carbocycles. The number of hydrogen-bond donors (Lipinski definition) is 2. The van der Waals surface area contributed by atoms with E-state index in [0.717, 1.165) is 5.56 Å². The van der Waals surface area contributed by atoms with Gasteiger partial charge in [0.2, 0.25) is 10.0 Å². The lowest BCUT2D eigenvalue weighted by atomic mass is 10.2. The number of carbonyl (C=O) groups is 1. The minimum Gasteiger partial charge on any atom is -0.490 e. The van der Waals surface area contributed by atoms with Crippen LogP contribution in [0, 0.1) is 0 Å². The van der Waals surface area contributed by atoms with Crippen molar-refractivity contribution in [2.45, 2.75) is 11.4 Å².